The normalized spacial score (nSPS) is 22.4. The first-order valence-electron chi connectivity index (χ1n) is 10.3. The Balaban J connectivity index is 1.51. The second-order valence-electron chi connectivity index (χ2n) is 7.28. The molecule has 4 rings (SSSR count). The summed E-state index contributed by atoms with van der Waals surface area (Å²) in [6, 6.07) is 17.0. The molecular formula is C24H28N2O2. The summed E-state index contributed by atoms with van der Waals surface area (Å²) in [5, 5.41) is 4.74. The maximum atomic E-state index is 5.57. The zero-order valence-electron chi connectivity index (χ0n) is 16.7. The topological polar surface area (TPSA) is 42.8 Å². The van der Waals surface area contributed by atoms with Crippen LogP contribution in [0.5, 0.6) is 11.5 Å². The second kappa shape index (κ2) is 8.51. The molecule has 2 unspecified atom stereocenters. The number of nitrogens with one attached hydrogen (secondary N) is 1. The third kappa shape index (κ3) is 3.91. The summed E-state index contributed by atoms with van der Waals surface area (Å²) in [4.78, 5) is 0. The van der Waals surface area contributed by atoms with E-state index in [9.17, 15) is 0 Å². The maximum Gasteiger partial charge on any atom is 0.119 e. The molecule has 2 atom stereocenters. The molecule has 146 valence electrons. The van der Waals surface area contributed by atoms with Gasteiger partial charge in [-0.15, -0.1) is 0 Å². The standard InChI is InChI=1S/C24H28N2O2/c1-3-27-20-12-8-17(9-13-20)16-19-6-5-7-22-23(25-26-24(19)22)18-10-14-21(15-11-18)28-4-2/h8-16,22-23,25H,3-7H2,1-2H3/b19-16+. The van der Waals surface area contributed by atoms with E-state index in [4.69, 9.17) is 14.6 Å². The lowest BCUT2D eigenvalue weighted by Gasteiger charge is -2.26. The summed E-state index contributed by atoms with van der Waals surface area (Å²) >= 11 is 0. The second-order valence-corrected chi connectivity index (χ2v) is 7.28. The molecule has 0 bridgehead atoms. The molecule has 28 heavy (non-hydrogen) atoms. The highest BCUT2D eigenvalue weighted by Gasteiger charge is 2.36. The van der Waals surface area contributed by atoms with Crippen LogP contribution in [0.1, 0.15) is 50.3 Å². The van der Waals surface area contributed by atoms with Crippen molar-refractivity contribution < 1.29 is 9.47 Å². The van der Waals surface area contributed by atoms with Crippen molar-refractivity contribution in [1.82, 2.24) is 5.43 Å². The Morgan fingerprint density at radius 2 is 1.61 bits per heavy atom. The first kappa shape index (κ1) is 18.6. The van der Waals surface area contributed by atoms with Crippen LogP contribution in [0.3, 0.4) is 0 Å². The van der Waals surface area contributed by atoms with Crippen molar-refractivity contribution in [1.29, 1.82) is 0 Å². The number of rotatable bonds is 6. The minimum atomic E-state index is 0.245. The molecule has 1 heterocycles. The number of fused-ring (bicyclic) bond motifs is 1. The van der Waals surface area contributed by atoms with Gasteiger partial charge in [0.25, 0.3) is 0 Å². The fourth-order valence-corrected chi connectivity index (χ4v) is 4.14. The van der Waals surface area contributed by atoms with E-state index in [1.807, 2.05) is 26.0 Å². The summed E-state index contributed by atoms with van der Waals surface area (Å²) in [5.41, 5.74) is 8.44. The van der Waals surface area contributed by atoms with Gasteiger partial charge < -0.3 is 14.9 Å². The minimum Gasteiger partial charge on any atom is -0.494 e. The molecule has 1 N–H and O–H groups in total. The highest BCUT2D eigenvalue weighted by molar-refractivity contribution is 6.07. The van der Waals surface area contributed by atoms with E-state index in [0.717, 1.165) is 17.9 Å². The zero-order chi connectivity index (χ0) is 19.3. The van der Waals surface area contributed by atoms with Crippen molar-refractivity contribution >= 4 is 11.8 Å². The third-order valence-electron chi connectivity index (χ3n) is 5.45. The van der Waals surface area contributed by atoms with Crippen molar-refractivity contribution in [2.45, 2.75) is 39.2 Å². The molecule has 1 aliphatic heterocycles. The van der Waals surface area contributed by atoms with Crippen LogP contribution in [0.25, 0.3) is 6.08 Å². The predicted octanol–water partition coefficient (Wildman–Crippen LogP) is 5.37. The third-order valence-corrected chi connectivity index (χ3v) is 5.45. The number of allylic oxidation sites excluding steroid dienone is 1. The molecule has 4 heteroatoms. The molecule has 2 aromatic rings. The van der Waals surface area contributed by atoms with Crippen molar-refractivity contribution in [3.05, 3.63) is 65.2 Å². The van der Waals surface area contributed by atoms with Gasteiger partial charge in [-0.1, -0.05) is 24.3 Å². The van der Waals surface area contributed by atoms with Crippen LogP contribution >= 0.6 is 0 Å². The summed E-state index contributed by atoms with van der Waals surface area (Å²) < 4.78 is 11.1. The number of nitrogens with zero attached hydrogens (tertiary/aromatic N) is 1. The van der Waals surface area contributed by atoms with Crippen molar-refractivity contribution in [3.8, 4) is 11.5 Å². The lowest BCUT2D eigenvalue weighted by molar-refractivity contribution is 0.340. The van der Waals surface area contributed by atoms with Gasteiger partial charge in [-0.2, -0.15) is 5.10 Å². The largest absolute Gasteiger partial charge is 0.494 e. The van der Waals surface area contributed by atoms with Crippen LogP contribution in [0, 0.1) is 5.92 Å². The average molecular weight is 377 g/mol. The average Bonchev–Trinajstić information content (AvgIpc) is 3.16. The van der Waals surface area contributed by atoms with E-state index < -0.39 is 0 Å². The minimum absolute atomic E-state index is 0.245. The monoisotopic (exact) mass is 376 g/mol. The molecule has 1 fully saturated rings. The molecule has 0 spiro atoms. The van der Waals surface area contributed by atoms with Gasteiger partial charge in [-0.25, -0.2) is 0 Å². The maximum absolute atomic E-state index is 5.57. The summed E-state index contributed by atoms with van der Waals surface area (Å²) in [6.07, 6.45) is 5.73. The van der Waals surface area contributed by atoms with E-state index in [0.29, 0.717) is 19.1 Å². The van der Waals surface area contributed by atoms with Gasteiger partial charge in [-0.05, 0) is 80.2 Å². The number of ether oxygens (including phenoxy) is 2. The quantitative estimate of drug-likeness (QED) is 0.737. The Bertz CT molecular complexity index is 853. The van der Waals surface area contributed by atoms with E-state index >= 15 is 0 Å². The molecule has 1 saturated carbocycles. The molecular weight excluding hydrogens is 348 g/mol. The first-order chi connectivity index (χ1) is 13.8. The van der Waals surface area contributed by atoms with Gasteiger partial charge in [0.15, 0.2) is 0 Å². The van der Waals surface area contributed by atoms with Gasteiger partial charge in [0, 0.05) is 5.92 Å². The highest BCUT2D eigenvalue weighted by Crippen LogP contribution is 2.39. The number of hydrogen-bond donors (Lipinski definition) is 1. The Labute approximate surface area is 167 Å². The van der Waals surface area contributed by atoms with Crippen LogP contribution < -0.4 is 14.9 Å². The molecule has 0 radical (unpaired) electrons. The summed E-state index contributed by atoms with van der Waals surface area (Å²) in [7, 11) is 0. The van der Waals surface area contributed by atoms with Crippen LogP contribution in [0.4, 0.5) is 0 Å². The van der Waals surface area contributed by atoms with Crippen LogP contribution in [-0.2, 0) is 0 Å². The fourth-order valence-electron chi connectivity index (χ4n) is 4.14. The fraction of sp³-hybridized carbons (Fsp3) is 0.375. The molecule has 2 aliphatic rings. The first-order valence-corrected chi connectivity index (χ1v) is 10.3. The van der Waals surface area contributed by atoms with Gasteiger partial charge >= 0.3 is 0 Å². The Morgan fingerprint density at radius 1 is 0.964 bits per heavy atom. The summed E-state index contributed by atoms with van der Waals surface area (Å²) in [5.74, 6) is 2.27. The van der Waals surface area contributed by atoms with Crippen LogP contribution in [0.15, 0.2) is 59.2 Å². The van der Waals surface area contributed by atoms with E-state index in [2.05, 4.69) is 47.9 Å². The Morgan fingerprint density at radius 3 is 2.25 bits per heavy atom. The molecule has 0 saturated heterocycles. The van der Waals surface area contributed by atoms with E-state index in [1.54, 1.807) is 0 Å². The van der Waals surface area contributed by atoms with E-state index in [-0.39, 0.29) is 6.04 Å². The lowest BCUT2D eigenvalue weighted by atomic mass is 9.78. The van der Waals surface area contributed by atoms with E-state index in [1.165, 1.54) is 35.3 Å². The van der Waals surface area contributed by atoms with Gasteiger partial charge in [0.2, 0.25) is 0 Å². The SMILES string of the molecule is CCOc1ccc(/C=C2\CCCC3C2=NNC3c2ccc(OCC)cc2)cc1. The zero-order valence-corrected chi connectivity index (χ0v) is 16.7. The summed E-state index contributed by atoms with van der Waals surface area (Å²) in [6.45, 7) is 5.39. The molecule has 2 aromatic carbocycles. The van der Waals surface area contributed by atoms with Crippen molar-refractivity contribution in [2.24, 2.45) is 11.0 Å². The molecule has 0 amide bonds. The van der Waals surface area contributed by atoms with Crippen LogP contribution in [-0.4, -0.2) is 18.9 Å². The molecule has 0 aromatic heterocycles. The number of hydrogen-bond acceptors (Lipinski definition) is 4. The number of hydrazone groups is 1. The van der Waals surface area contributed by atoms with Crippen LogP contribution in [0.2, 0.25) is 0 Å². The van der Waals surface area contributed by atoms with Gasteiger partial charge in [0.05, 0.1) is 25.0 Å². The Kier molecular flexibility index (Phi) is 5.65. The molecule has 1 aliphatic carbocycles. The lowest BCUT2D eigenvalue weighted by Crippen LogP contribution is -2.25. The highest BCUT2D eigenvalue weighted by atomic mass is 16.5. The van der Waals surface area contributed by atoms with Gasteiger partial charge in [-0.3, -0.25) is 0 Å². The van der Waals surface area contributed by atoms with Crippen molar-refractivity contribution in [2.75, 3.05) is 13.2 Å². The number of benzene rings is 2. The van der Waals surface area contributed by atoms with Crippen molar-refractivity contribution in [3.63, 3.8) is 0 Å². The van der Waals surface area contributed by atoms with Gasteiger partial charge in [0.1, 0.15) is 11.5 Å². The predicted molar refractivity (Wildman–Crippen MR) is 114 cm³/mol. The molecule has 4 nitrogen and oxygen atoms in total. The Hall–Kier alpha value is -2.75. The smallest absolute Gasteiger partial charge is 0.119 e.